The Morgan fingerprint density at radius 3 is 2.93 bits per heavy atom. The highest BCUT2D eigenvalue weighted by atomic mass is 16.3. The summed E-state index contributed by atoms with van der Waals surface area (Å²) in [5.41, 5.74) is 2.29. The van der Waals surface area contributed by atoms with Gasteiger partial charge in [0.15, 0.2) is 0 Å². The van der Waals surface area contributed by atoms with Gasteiger partial charge in [0, 0.05) is 36.3 Å². The molecule has 1 aromatic carbocycles. The highest BCUT2D eigenvalue weighted by molar-refractivity contribution is 5.98. The zero-order valence-electron chi connectivity index (χ0n) is 15.5. The van der Waals surface area contributed by atoms with Gasteiger partial charge in [0.1, 0.15) is 5.58 Å². The molecule has 0 radical (unpaired) electrons. The average Bonchev–Trinajstić information content (AvgIpc) is 3.03. The molecule has 28 heavy (non-hydrogen) atoms. The van der Waals surface area contributed by atoms with E-state index < -0.39 is 0 Å². The molecule has 2 aromatic heterocycles. The van der Waals surface area contributed by atoms with Crippen LogP contribution in [0.5, 0.6) is 0 Å². The van der Waals surface area contributed by atoms with E-state index in [-0.39, 0.29) is 23.8 Å². The molecule has 2 bridgehead atoms. The summed E-state index contributed by atoms with van der Waals surface area (Å²) in [5.74, 6) is -0.0148. The minimum atomic E-state index is -0.135. The van der Waals surface area contributed by atoms with E-state index in [4.69, 9.17) is 4.42 Å². The van der Waals surface area contributed by atoms with Crippen LogP contribution in [0.4, 0.5) is 0 Å². The van der Waals surface area contributed by atoms with Crippen molar-refractivity contribution < 1.29 is 14.0 Å². The summed E-state index contributed by atoms with van der Waals surface area (Å²) in [6, 6.07) is 13.1. The second-order valence-corrected chi connectivity index (χ2v) is 7.60. The van der Waals surface area contributed by atoms with Crippen LogP contribution in [0.25, 0.3) is 11.0 Å². The molecule has 2 atom stereocenters. The third-order valence-corrected chi connectivity index (χ3v) is 5.84. The van der Waals surface area contributed by atoms with E-state index in [1.54, 1.807) is 18.5 Å². The summed E-state index contributed by atoms with van der Waals surface area (Å²) in [4.78, 5) is 34.3. The molecule has 0 spiro atoms. The quantitative estimate of drug-likeness (QED) is 0.706. The van der Waals surface area contributed by atoms with Gasteiger partial charge in [-0.05, 0) is 49.2 Å². The number of nitrogens with zero attached hydrogens (tertiary/aromatic N) is 3. The van der Waals surface area contributed by atoms with E-state index in [2.05, 4.69) is 4.98 Å². The third kappa shape index (κ3) is 2.95. The van der Waals surface area contributed by atoms with Crippen LogP contribution in [-0.4, -0.2) is 45.7 Å². The number of furan rings is 1. The number of hydrogen-bond donors (Lipinski definition) is 0. The normalized spacial score (nSPS) is 21.9. The first-order valence-corrected chi connectivity index (χ1v) is 9.66. The maximum absolute atomic E-state index is 13.2. The lowest BCUT2D eigenvalue weighted by Crippen LogP contribution is -2.47. The SMILES string of the molecule is O=C(c1ccc2occc2c1)N1C[C@@H]2CC[C@H](C1)N(Cc1ccccn1)C2=O. The van der Waals surface area contributed by atoms with E-state index in [0.29, 0.717) is 25.2 Å². The molecule has 6 nitrogen and oxygen atoms in total. The summed E-state index contributed by atoms with van der Waals surface area (Å²) in [7, 11) is 0. The van der Waals surface area contributed by atoms with Gasteiger partial charge < -0.3 is 14.2 Å². The molecule has 3 fully saturated rings. The van der Waals surface area contributed by atoms with Gasteiger partial charge in [-0.25, -0.2) is 0 Å². The van der Waals surface area contributed by atoms with Crippen LogP contribution >= 0.6 is 0 Å². The zero-order valence-corrected chi connectivity index (χ0v) is 15.5. The number of benzene rings is 1. The van der Waals surface area contributed by atoms with Gasteiger partial charge in [0.25, 0.3) is 5.91 Å². The van der Waals surface area contributed by atoms with Crippen molar-refractivity contribution in [3.8, 4) is 0 Å². The highest BCUT2D eigenvalue weighted by Crippen LogP contribution is 2.31. The molecule has 0 unspecified atom stereocenters. The maximum atomic E-state index is 13.2. The fourth-order valence-corrected chi connectivity index (χ4v) is 4.36. The van der Waals surface area contributed by atoms with E-state index in [0.717, 1.165) is 29.5 Å². The Hall–Kier alpha value is -3.15. The predicted molar refractivity (Wildman–Crippen MR) is 103 cm³/mol. The molecule has 0 aliphatic carbocycles. The number of aromatic nitrogens is 1. The Morgan fingerprint density at radius 2 is 2.07 bits per heavy atom. The van der Waals surface area contributed by atoms with Gasteiger partial charge in [0.05, 0.1) is 24.4 Å². The van der Waals surface area contributed by atoms with Crippen molar-refractivity contribution >= 4 is 22.8 Å². The molecule has 142 valence electrons. The molecule has 0 N–H and O–H groups in total. The lowest BCUT2D eigenvalue weighted by atomic mass is 9.94. The number of hydrogen-bond acceptors (Lipinski definition) is 4. The van der Waals surface area contributed by atoms with Gasteiger partial charge >= 0.3 is 0 Å². The molecule has 5 heterocycles. The van der Waals surface area contributed by atoms with Crippen LogP contribution in [-0.2, 0) is 11.3 Å². The van der Waals surface area contributed by atoms with Crippen molar-refractivity contribution in [1.29, 1.82) is 0 Å². The molecule has 3 aliphatic heterocycles. The number of pyridine rings is 1. The fourth-order valence-electron chi connectivity index (χ4n) is 4.36. The Kier molecular flexibility index (Phi) is 4.11. The predicted octanol–water partition coefficient (Wildman–Crippen LogP) is 3.09. The second-order valence-electron chi connectivity index (χ2n) is 7.60. The molecule has 2 amide bonds. The standard InChI is InChI=1S/C22H21N3O3/c26-21(16-5-7-20-15(11-16)8-10-28-20)24-12-17-4-6-19(14-24)25(22(17)27)13-18-3-1-2-9-23-18/h1-3,5,7-11,17,19H,4,6,12-14H2/t17-,19+/m0/s1. The average molecular weight is 375 g/mol. The first-order chi connectivity index (χ1) is 13.7. The van der Waals surface area contributed by atoms with Crippen molar-refractivity contribution in [1.82, 2.24) is 14.8 Å². The number of carbonyl (C=O) groups excluding carboxylic acids is 2. The smallest absolute Gasteiger partial charge is 0.253 e. The first kappa shape index (κ1) is 17.0. The van der Waals surface area contributed by atoms with E-state index in [9.17, 15) is 9.59 Å². The van der Waals surface area contributed by atoms with Crippen molar-refractivity contribution in [3.05, 3.63) is 66.2 Å². The Balaban J connectivity index is 1.39. The van der Waals surface area contributed by atoms with Crippen molar-refractivity contribution in [2.75, 3.05) is 13.1 Å². The number of carbonyl (C=O) groups is 2. The summed E-state index contributed by atoms with van der Waals surface area (Å²) >= 11 is 0. The van der Waals surface area contributed by atoms with E-state index >= 15 is 0 Å². The van der Waals surface area contributed by atoms with Crippen LogP contribution in [0.2, 0.25) is 0 Å². The van der Waals surface area contributed by atoms with Crippen LogP contribution in [0, 0.1) is 5.92 Å². The minimum Gasteiger partial charge on any atom is -0.464 e. The molecule has 3 aliphatic rings. The summed E-state index contributed by atoms with van der Waals surface area (Å²) in [5, 5.41) is 0.913. The molecule has 6 rings (SSSR count). The first-order valence-electron chi connectivity index (χ1n) is 9.66. The zero-order chi connectivity index (χ0) is 19.1. The third-order valence-electron chi connectivity index (χ3n) is 5.84. The van der Waals surface area contributed by atoms with Crippen molar-refractivity contribution in [3.63, 3.8) is 0 Å². The molecule has 6 heteroatoms. The van der Waals surface area contributed by atoms with E-state index in [1.165, 1.54) is 0 Å². The fraction of sp³-hybridized carbons (Fsp3) is 0.318. The maximum Gasteiger partial charge on any atom is 0.253 e. The van der Waals surface area contributed by atoms with Gasteiger partial charge in [-0.2, -0.15) is 0 Å². The second kappa shape index (κ2) is 6.78. The Bertz CT molecular complexity index is 1030. The molecule has 3 saturated heterocycles. The summed E-state index contributed by atoms with van der Waals surface area (Å²) in [6.07, 6.45) is 5.14. The van der Waals surface area contributed by atoms with Gasteiger partial charge in [-0.1, -0.05) is 6.07 Å². The molecular formula is C22H21N3O3. The van der Waals surface area contributed by atoms with Crippen molar-refractivity contribution in [2.45, 2.75) is 25.4 Å². The van der Waals surface area contributed by atoms with Gasteiger partial charge in [-0.15, -0.1) is 0 Å². The number of rotatable bonds is 3. The van der Waals surface area contributed by atoms with E-state index in [1.807, 2.05) is 46.2 Å². The topological polar surface area (TPSA) is 66.7 Å². The Morgan fingerprint density at radius 1 is 1.14 bits per heavy atom. The van der Waals surface area contributed by atoms with Gasteiger partial charge in [-0.3, -0.25) is 14.6 Å². The molecule has 0 saturated carbocycles. The summed E-state index contributed by atoms with van der Waals surface area (Å²) in [6.45, 7) is 1.55. The van der Waals surface area contributed by atoms with Crippen LogP contribution in [0.1, 0.15) is 28.9 Å². The monoisotopic (exact) mass is 375 g/mol. The number of fused-ring (bicyclic) bond motifs is 5. The van der Waals surface area contributed by atoms with Crippen molar-refractivity contribution in [2.24, 2.45) is 5.92 Å². The molecular weight excluding hydrogens is 354 g/mol. The van der Waals surface area contributed by atoms with Crippen LogP contribution in [0.15, 0.2) is 59.3 Å². The summed E-state index contributed by atoms with van der Waals surface area (Å²) < 4.78 is 5.36. The Labute approximate surface area is 162 Å². The lowest BCUT2D eigenvalue weighted by Gasteiger charge is -2.35. The lowest BCUT2D eigenvalue weighted by molar-refractivity contribution is -0.140. The minimum absolute atomic E-state index is 0.0208. The number of piperidine rings is 1. The van der Waals surface area contributed by atoms with Crippen LogP contribution in [0.3, 0.4) is 0 Å². The van der Waals surface area contributed by atoms with Gasteiger partial charge in [0.2, 0.25) is 5.91 Å². The number of amides is 2. The molecule has 3 aromatic rings. The largest absolute Gasteiger partial charge is 0.464 e. The highest BCUT2D eigenvalue weighted by Gasteiger charge is 2.42. The van der Waals surface area contributed by atoms with Crippen LogP contribution < -0.4 is 0 Å².